The fraction of sp³-hybridized carbons (Fsp3) is 0.533. The summed E-state index contributed by atoms with van der Waals surface area (Å²) in [5.41, 5.74) is 0.555. The lowest BCUT2D eigenvalue weighted by molar-refractivity contribution is 0.0234. The average molecular weight is 265 g/mol. The van der Waals surface area contributed by atoms with Crippen LogP contribution in [0, 0.1) is 0 Å². The molecule has 0 aliphatic heterocycles. The highest BCUT2D eigenvalue weighted by Crippen LogP contribution is 2.23. The zero-order valence-electron chi connectivity index (χ0n) is 12.6. The summed E-state index contributed by atoms with van der Waals surface area (Å²) in [6, 6.07) is 7.61. The third-order valence-electron chi connectivity index (χ3n) is 2.86. The van der Waals surface area contributed by atoms with Crippen LogP contribution in [-0.4, -0.2) is 30.8 Å². The molecule has 0 aliphatic rings. The molecule has 1 aromatic rings. The van der Waals surface area contributed by atoms with Crippen molar-refractivity contribution in [2.45, 2.75) is 39.3 Å². The van der Waals surface area contributed by atoms with Gasteiger partial charge in [-0.3, -0.25) is 0 Å². The Morgan fingerprint density at radius 2 is 1.74 bits per heavy atom. The summed E-state index contributed by atoms with van der Waals surface area (Å²) >= 11 is 0. The number of carbonyl (C=O) groups is 1. The van der Waals surface area contributed by atoms with Crippen LogP contribution in [0.5, 0.6) is 5.75 Å². The van der Waals surface area contributed by atoms with Crippen LogP contribution >= 0.6 is 0 Å². The number of nitrogens with zero attached hydrogens (tertiary/aromatic N) is 1. The predicted molar refractivity (Wildman–Crippen MR) is 75.4 cm³/mol. The van der Waals surface area contributed by atoms with Crippen LogP contribution in [0.25, 0.3) is 0 Å². The molecule has 0 saturated heterocycles. The van der Waals surface area contributed by atoms with Crippen molar-refractivity contribution in [3.05, 3.63) is 29.8 Å². The Morgan fingerprint density at radius 3 is 2.16 bits per heavy atom. The molecule has 1 aromatic carbocycles. The maximum Gasteiger partial charge on any atom is 0.410 e. The van der Waals surface area contributed by atoms with Gasteiger partial charge < -0.3 is 14.4 Å². The number of amides is 1. The van der Waals surface area contributed by atoms with E-state index in [1.165, 1.54) is 0 Å². The average Bonchev–Trinajstić information content (AvgIpc) is 2.35. The lowest BCUT2D eigenvalue weighted by atomic mass is 10.1. The van der Waals surface area contributed by atoms with Crippen LogP contribution in [0.2, 0.25) is 0 Å². The van der Waals surface area contributed by atoms with Crippen molar-refractivity contribution in [2.75, 3.05) is 14.2 Å². The van der Waals surface area contributed by atoms with Crippen molar-refractivity contribution >= 4 is 6.09 Å². The third kappa shape index (κ3) is 4.47. The number of rotatable bonds is 3. The summed E-state index contributed by atoms with van der Waals surface area (Å²) in [4.78, 5) is 13.6. The highest BCUT2D eigenvalue weighted by Gasteiger charge is 2.23. The van der Waals surface area contributed by atoms with Gasteiger partial charge in [-0.05, 0) is 45.4 Å². The Balaban J connectivity index is 2.75. The van der Waals surface area contributed by atoms with Crippen molar-refractivity contribution in [3.63, 3.8) is 0 Å². The molecule has 0 aromatic heterocycles. The van der Waals surface area contributed by atoms with Gasteiger partial charge in [-0.15, -0.1) is 0 Å². The van der Waals surface area contributed by atoms with E-state index in [1.807, 2.05) is 52.0 Å². The molecule has 0 radical (unpaired) electrons. The SMILES string of the molecule is COc1ccc([C@H](C)N(C)C(=O)OC(C)(C)C)cc1. The van der Waals surface area contributed by atoms with Crippen LogP contribution in [0.15, 0.2) is 24.3 Å². The fourth-order valence-electron chi connectivity index (χ4n) is 1.60. The van der Waals surface area contributed by atoms with Gasteiger partial charge in [-0.2, -0.15) is 0 Å². The summed E-state index contributed by atoms with van der Waals surface area (Å²) in [5, 5.41) is 0. The first-order valence-electron chi connectivity index (χ1n) is 6.34. The fourth-order valence-corrected chi connectivity index (χ4v) is 1.60. The molecule has 0 bridgehead atoms. The van der Waals surface area contributed by atoms with Gasteiger partial charge in [0.2, 0.25) is 0 Å². The highest BCUT2D eigenvalue weighted by molar-refractivity contribution is 5.68. The quantitative estimate of drug-likeness (QED) is 0.837. The lowest BCUT2D eigenvalue weighted by Gasteiger charge is -2.29. The van der Waals surface area contributed by atoms with Crippen LogP contribution in [0.3, 0.4) is 0 Å². The van der Waals surface area contributed by atoms with Gasteiger partial charge in [0.15, 0.2) is 0 Å². The van der Waals surface area contributed by atoms with Crippen LogP contribution in [-0.2, 0) is 4.74 Å². The molecule has 4 nitrogen and oxygen atoms in total. The van der Waals surface area contributed by atoms with Crippen LogP contribution in [0.1, 0.15) is 39.3 Å². The molecule has 0 N–H and O–H groups in total. The summed E-state index contributed by atoms with van der Waals surface area (Å²) in [6.07, 6.45) is -0.323. The molecular formula is C15H23NO3. The summed E-state index contributed by atoms with van der Waals surface area (Å²) in [5.74, 6) is 0.802. The largest absolute Gasteiger partial charge is 0.497 e. The molecule has 0 fully saturated rings. The van der Waals surface area contributed by atoms with Crippen molar-refractivity contribution in [2.24, 2.45) is 0 Å². The topological polar surface area (TPSA) is 38.8 Å². The number of hydrogen-bond donors (Lipinski definition) is 0. The second-order valence-corrected chi connectivity index (χ2v) is 5.54. The minimum Gasteiger partial charge on any atom is -0.497 e. The normalized spacial score (nSPS) is 12.7. The summed E-state index contributed by atoms with van der Waals surface area (Å²) < 4.78 is 10.5. The molecule has 106 valence electrons. The molecule has 1 atom stereocenters. The van der Waals surface area contributed by atoms with E-state index in [1.54, 1.807) is 19.1 Å². The van der Waals surface area contributed by atoms with E-state index >= 15 is 0 Å². The van der Waals surface area contributed by atoms with E-state index in [-0.39, 0.29) is 12.1 Å². The first kappa shape index (κ1) is 15.3. The number of methoxy groups -OCH3 is 1. The van der Waals surface area contributed by atoms with Gasteiger partial charge >= 0.3 is 6.09 Å². The number of hydrogen-bond acceptors (Lipinski definition) is 3. The van der Waals surface area contributed by atoms with E-state index in [0.717, 1.165) is 11.3 Å². The Morgan fingerprint density at radius 1 is 1.21 bits per heavy atom. The Hall–Kier alpha value is -1.71. The monoisotopic (exact) mass is 265 g/mol. The van der Waals surface area contributed by atoms with E-state index in [4.69, 9.17) is 9.47 Å². The zero-order chi connectivity index (χ0) is 14.6. The zero-order valence-corrected chi connectivity index (χ0v) is 12.6. The molecule has 0 spiro atoms. The maximum atomic E-state index is 12.0. The molecule has 0 saturated carbocycles. The van der Waals surface area contributed by atoms with Gasteiger partial charge in [-0.1, -0.05) is 12.1 Å². The Bertz CT molecular complexity index is 420. The number of benzene rings is 1. The van der Waals surface area contributed by atoms with Gasteiger partial charge in [0.25, 0.3) is 0 Å². The van der Waals surface area contributed by atoms with Crippen molar-refractivity contribution in [1.29, 1.82) is 0 Å². The van der Waals surface area contributed by atoms with Gasteiger partial charge in [0.05, 0.1) is 13.2 Å². The lowest BCUT2D eigenvalue weighted by Crippen LogP contribution is -2.35. The first-order chi connectivity index (χ1) is 8.74. The highest BCUT2D eigenvalue weighted by atomic mass is 16.6. The van der Waals surface area contributed by atoms with Crippen molar-refractivity contribution < 1.29 is 14.3 Å². The second kappa shape index (κ2) is 5.95. The third-order valence-corrected chi connectivity index (χ3v) is 2.86. The maximum absolute atomic E-state index is 12.0. The molecule has 0 aliphatic carbocycles. The second-order valence-electron chi connectivity index (χ2n) is 5.54. The Labute approximate surface area is 115 Å². The molecule has 19 heavy (non-hydrogen) atoms. The predicted octanol–water partition coefficient (Wildman–Crippen LogP) is 3.62. The van der Waals surface area contributed by atoms with Gasteiger partial charge in [0.1, 0.15) is 11.4 Å². The molecule has 1 amide bonds. The summed E-state index contributed by atoms with van der Waals surface area (Å²) in [7, 11) is 3.37. The molecule has 1 rings (SSSR count). The molecule has 4 heteroatoms. The number of carbonyl (C=O) groups excluding carboxylic acids is 1. The van der Waals surface area contributed by atoms with Crippen molar-refractivity contribution in [3.8, 4) is 5.75 Å². The van der Waals surface area contributed by atoms with E-state index in [2.05, 4.69) is 0 Å². The minimum absolute atomic E-state index is 0.0549. The van der Waals surface area contributed by atoms with Crippen molar-refractivity contribution in [1.82, 2.24) is 4.90 Å². The van der Waals surface area contributed by atoms with Crippen LogP contribution < -0.4 is 4.74 Å². The smallest absolute Gasteiger partial charge is 0.410 e. The van der Waals surface area contributed by atoms with Crippen LogP contribution in [0.4, 0.5) is 4.79 Å². The van der Waals surface area contributed by atoms with E-state index < -0.39 is 5.60 Å². The van der Waals surface area contributed by atoms with E-state index in [0.29, 0.717) is 0 Å². The standard InChI is InChI=1S/C15H23NO3/c1-11(12-7-9-13(18-6)10-8-12)16(5)14(17)19-15(2,3)4/h7-11H,1-6H3/t11-/m0/s1. The molecule has 0 heterocycles. The Kier molecular flexibility index (Phi) is 4.81. The summed E-state index contributed by atoms with van der Waals surface area (Å²) in [6.45, 7) is 7.54. The number of ether oxygens (including phenoxy) is 2. The first-order valence-corrected chi connectivity index (χ1v) is 6.34. The molecule has 0 unspecified atom stereocenters. The molecular weight excluding hydrogens is 242 g/mol. The van der Waals surface area contributed by atoms with Gasteiger partial charge in [-0.25, -0.2) is 4.79 Å². The van der Waals surface area contributed by atoms with E-state index in [9.17, 15) is 4.79 Å². The van der Waals surface area contributed by atoms with Gasteiger partial charge in [0, 0.05) is 7.05 Å². The minimum atomic E-state index is -0.481.